The van der Waals surface area contributed by atoms with Gasteiger partial charge in [-0.1, -0.05) is 324 Å². The minimum absolute atomic E-state index is 0.0401. The number of hydrogen-bond donors (Lipinski definition) is 2. The smallest absolute Gasteiger partial charge is 0.462 e. The number of carbonyl (C=O) groups is 2. The highest BCUT2D eigenvalue weighted by atomic mass is 31.2. The molecule has 0 aliphatic carbocycles. The largest absolute Gasteiger partial charge is 0.472 e. The molecule has 0 heterocycles. The van der Waals surface area contributed by atoms with Crippen molar-refractivity contribution in [3.8, 4) is 0 Å². The summed E-state index contributed by atoms with van der Waals surface area (Å²) in [7, 11) is -4.42. The molecule has 3 N–H and O–H groups in total. The number of nitrogens with two attached hydrogens (primary N) is 1. The van der Waals surface area contributed by atoms with Crippen LogP contribution in [0.4, 0.5) is 0 Å². The Morgan fingerprint density at radius 3 is 0.828 bits per heavy atom. The number of rotatable bonds is 67. The average molecular weight is 1300 g/mol. The van der Waals surface area contributed by atoms with E-state index in [4.69, 9.17) is 24.3 Å². The van der Waals surface area contributed by atoms with Crippen LogP contribution in [0.2, 0.25) is 0 Å². The highest BCUT2D eigenvalue weighted by Crippen LogP contribution is 2.43. The van der Waals surface area contributed by atoms with Gasteiger partial charge in [0, 0.05) is 19.4 Å². The van der Waals surface area contributed by atoms with Gasteiger partial charge in [-0.15, -0.1) is 0 Å². The number of phosphoric acid groups is 1. The van der Waals surface area contributed by atoms with Crippen LogP contribution in [0.15, 0.2) is 194 Å². The van der Waals surface area contributed by atoms with Crippen LogP contribution in [0.3, 0.4) is 0 Å². The highest BCUT2D eigenvalue weighted by Gasteiger charge is 2.26. The third-order valence-electron chi connectivity index (χ3n) is 15.0. The van der Waals surface area contributed by atoms with Gasteiger partial charge in [0.05, 0.1) is 13.2 Å². The minimum atomic E-state index is -4.42. The molecule has 0 saturated carbocycles. The Kier molecular flexibility index (Phi) is 71.7. The van der Waals surface area contributed by atoms with Crippen molar-refractivity contribution in [1.82, 2.24) is 0 Å². The monoisotopic (exact) mass is 1300 g/mol. The molecule has 2 atom stereocenters. The van der Waals surface area contributed by atoms with E-state index in [0.717, 1.165) is 148 Å². The zero-order valence-electron chi connectivity index (χ0n) is 58.9. The normalized spacial score (nSPS) is 14.1. The molecule has 0 amide bonds. The molecule has 10 heteroatoms. The van der Waals surface area contributed by atoms with E-state index >= 15 is 0 Å². The predicted molar refractivity (Wildman–Crippen MR) is 403 cm³/mol. The van der Waals surface area contributed by atoms with E-state index < -0.39 is 32.5 Å². The summed E-state index contributed by atoms with van der Waals surface area (Å²) in [5.74, 6) is -0.863. The molecule has 93 heavy (non-hydrogen) atoms. The first-order chi connectivity index (χ1) is 45.8. The van der Waals surface area contributed by atoms with Gasteiger partial charge < -0.3 is 20.1 Å². The summed E-state index contributed by atoms with van der Waals surface area (Å²) >= 11 is 0. The van der Waals surface area contributed by atoms with Gasteiger partial charge in [-0.3, -0.25) is 18.6 Å². The van der Waals surface area contributed by atoms with Crippen molar-refractivity contribution in [2.24, 2.45) is 5.73 Å². The zero-order chi connectivity index (χ0) is 67.2. The molecule has 0 spiro atoms. The van der Waals surface area contributed by atoms with Crippen molar-refractivity contribution in [3.63, 3.8) is 0 Å². The molecule has 0 aromatic rings. The molecular weight excluding hydrogens is 1170 g/mol. The Hall–Kier alpha value is -5.15. The number of esters is 2. The standard InChI is InChI=1S/C83H134NO8P/c1-3-5-7-9-11-13-15-17-19-21-23-25-27-29-31-33-35-37-39-40-42-43-45-47-49-51-53-55-57-59-61-63-65-67-69-71-73-75-82(85)89-79-81(80-91-93(87,88)90-78-77-84)92-83(86)76-74-72-70-68-66-64-62-60-58-56-54-52-50-48-46-44-41-38-36-34-32-30-28-26-24-22-20-18-16-14-12-10-8-6-4-2/h5-8,11-14,17-20,23-26,29-32,35-38,44,46,50,52,56,58,62,64,81H,3-4,9-10,15-16,21-22,27-28,33-34,39-43,45,47-49,51,53-55,57,59-61,63,65-80,84H2,1-2H3,(H,87,88)/b7-5-,8-6-,13-11-,14-12-,19-17-,20-18-,25-23-,26-24-,31-29-,32-30-,37-35-,38-36-,46-44-,52-50-,58-56-,64-62-. The second kappa shape index (κ2) is 75.9. The molecule has 0 aromatic carbocycles. The minimum Gasteiger partial charge on any atom is -0.462 e. The molecule has 9 nitrogen and oxygen atoms in total. The Morgan fingerprint density at radius 1 is 0.323 bits per heavy atom. The maximum atomic E-state index is 12.8. The van der Waals surface area contributed by atoms with Crippen LogP contribution < -0.4 is 5.73 Å². The number of phosphoric ester groups is 1. The molecule has 0 saturated heterocycles. The number of unbranched alkanes of at least 4 members (excludes halogenated alkanes) is 22. The average Bonchev–Trinajstić information content (AvgIpc) is 3.70. The van der Waals surface area contributed by atoms with Gasteiger partial charge in [-0.05, 0) is 141 Å². The molecule has 0 aliphatic heterocycles. The third-order valence-corrected chi connectivity index (χ3v) is 16.0. The summed E-state index contributed by atoms with van der Waals surface area (Å²) in [6.07, 6.45) is 115. The van der Waals surface area contributed by atoms with E-state index in [2.05, 4.69) is 208 Å². The summed E-state index contributed by atoms with van der Waals surface area (Å²) in [5, 5.41) is 0. The second-order valence-corrected chi connectivity index (χ2v) is 25.1. The van der Waals surface area contributed by atoms with Gasteiger partial charge >= 0.3 is 19.8 Å². The summed E-state index contributed by atoms with van der Waals surface area (Å²) < 4.78 is 33.2. The van der Waals surface area contributed by atoms with Crippen molar-refractivity contribution < 1.29 is 37.6 Å². The van der Waals surface area contributed by atoms with E-state index in [1.54, 1.807) is 0 Å². The first kappa shape index (κ1) is 87.9. The van der Waals surface area contributed by atoms with Gasteiger partial charge in [0.15, 0.2) is 6.10 Å². The lowest BCUT2D eigenvalue weighted by Gasteiger charge is -2.19. The molecule has 0 bridgehead atoms. The molecule has 2 unspecified atom stereocenters. The number of hydrogen-bond acceptors (Lipinski definition) is 8. The Bertz CT molecular complexity index is 2230. The summed E-state index contributed by atoms with van der Waals surface area (Å²) in [5.41, 5.74) is 5.40. The Labute approximate surface area is 570 Å². The van der Waals surface area contributed by atoms with E-state index in [-0.39, 0.29) is 32.6 Å². The summed E-state index contributed by atoms with van der Waals surface area (Å²) in [4.78, 5) is 35.4. The first-order valence-electron chi connectivity index (χ1n) is 36.9. The van der Waals surface area contributed by atoms with E-state index in [9.17, 15) is 19.0 Å². The molecule has 0 rings (SSSR count). The van der Waals surface area contributed by atoms with E-state index in [1.807, 2.05) is 0 Å². The van der Waals surface area contributed by atoms with Crippen LogP contribution in [0.25, 0.3) is 0 Å². The van der Waals surface area contributed by atoms with Gasteiger partial charge in [-0.25, -0.2) is 4.57 Å². The van der Waals surface area contributed by atoms with Crippen LogP contribution in [0, 0.1) is 0 Å². The van der Waals surface area contributed by atoms with Crippen LogP contribution in [0.5, 0.6) is 0 Å². The summed E-state index contributed by atoms with van der Waals surface area (Å²) in [6, 6.07) is 0. The lowest BCUT2D eigenvalue weighted by atomic mass is 10.0. The van der Waals surface area contributed by atoms with Crippen molar-refractivity contribution in [2.45, 2.75) is 290 Å². The Balaban J connectivity index is 3.97. The summed E-state index contributed by atoms with van der Waals surface area (Å²) in [6.45, 7) is 3.48. The maximum absolute atomic E-state index is 12.8. The number of allylic oxidation sites excluding steroid dienone is 32. The molecule has 0 aliphatic rings. The Morgan fingerprint density at radius 2 is 0.559 bits per heavy atom. The quantitative estimate of drug-likeness (QED) is 0.0264. The molecule has 0 radical (unpaired) electrons. The highest BCUT2D eigenvalue weighted by molar-refractivity contribution is 7.47. The van der Waals surface area contributed by atoms with Crippen LogP contribution in [0.1, 0.15) is 284 Å². The first-order valence-corrected chi connectivity index (χ1v) is 38.4. The van der Waals surface area contributed by atoms with Gasteiger partial charge in [0.1, 0.15) is 6.61 Å². The number of ether oxygens (including phenoxy) is 2. The lowest BCUT2D eigenvalue weighted by Crippen LogP contribution is -2.29. The van der Waals surface area contributed by atoms with Crippen molar-refractivity contribution in [2.75, 3.05) is 26.4 Å². The number of carbonyl (C=O) groups excluding carboxylic acids is 2. The third kappa shape index (κ3) is 75.8. The fraction of sp³-hybridized carbons (Fsp3) is 0.590. The van der Waals surface area contributed by atoms with Crippen molar-refractivity contribution >= 4 is 19.8 Å². The molecule has 0 fully saturated rings. The molecule has 524 valence electrons. The van der Waals surface area contributed by atoms with E-state index in [0.29, 0.717) is 6.42 Å². The maximum Gasteiger partial charge on any atom is 0.472 e. The van der Waals surface area contributed by atoms with Crippen LogP contribution in [-0.2, 0) is 32.7 Å². The fourth-order valence-corrected chi connectivity index (χ4v) is 10.4. The fourth-order valence-electron chi connectivity index (χ4n) is 9.61. The zero-order valence-corrected chi connectivity index (χ0v) is 59.8. The van der Waals surface area contributed by atoms with Gasteiger partial charge in [-0.2, -0.15) is 0 Å². The van der Waals surface area contributed by atoms with Crippen LogP contribution >= 0.6 is 7.82 Å². The van der Waals surface area contributed by atoms with Crippen molar-refractivity contribution in [1.29, 1.82) is 0 Å². The second-order valence-electron chi connectivity index (χ2n) is 23.7. The molecular formula is C83H134NO8P. The van der Waals surface area contributed by atoms with E-state index in [1.165, 1.54) is 103 Å². The lowest BCUT2D eigenvalue weighted by molar-refractivity contribution is -0.161. The van der Waals surface area contributed by atoms with Crippen molar-refractivity contribution in [3.05, 3.63) is 194 Å². The SMILES string of the molecule is CC/C=C\C/C=C\C/C=C\C/C=C\C/C=C\C/C=C\C/C=C\C/C=C\C/C=C\C/C=C\CCCCCCC(=O)OC(COC(=O)CCCCCCCCCCCCCCCCCCCC/C=C\C/C=C\C/C=C\C/C=C\C/C=C\C/C=C\CC)COP(=O)(O)OCCN. The van der Waals surface area contributed by atoms with Gasteiger partial charge in [0.2, 0.25) is 0 Å². The molecule has 0 aromatic heterocycles. The predicted octanol–water partition coefficient (Wildman–Crippen LogP) is 24.9. The van der Waals surface area contributed by atoms with Crippen LogP contribution in [-0.4, -0.2) is 49.3 Å². The topological polar surface area (TPSA) is 134 Å². The van der Waals surface area contributed by atoms with Gasteiger partial charge in [0.25, 0.3) is 0 Å².